The number of rotatable bonds is 7. The third kappa shape index (κ3) is 5.46. The van der Waals surface area contributed by atoms with Crippen molar-refractivity contribution in [3.63, 3.8) is 0 Å². The van der Waals surface area contributed by atoms with E-state index in [4.69, 9.17) is 4.74 Å². The van der Waals surface area contributed by atoms with E-state index in [1.807, 2.05) is 36.7 Å². The van der Waals surface area contributed by atoms with Crippen molar-refractivity contribution < 1.29 is 14.3 Å². The minimum absolute atomic E-state index is 0.0112. The summed E-state index contributed by atoms with van der Waals surface area (Å²) < 4.78 is 4.90. The molecule has 0 bridgehead atoms. The van der Waals surface area contributed by atoms with Gasteiger partial charge in [0, 0.05) is 62.3 Å². The molecule has 2 N–H and O–H groups in total. The molecule has 4 rings (SSSR count). The Labute approximate surface area is 189 Å². The number of hydrogen-bond donors (Lipinski definition) is 2. The number of fused-ring (bicyclic) bond motifs is 1. The van der Waals surface area contributed by atoms with E-state index < -0.39 is 0 Å². The zero-order valence-corrected chi connectivity index (χ0v) is 18.7. The van der Waals surface area contributed by atoms with Crippen molar-refractivity contribution in [3.05, 3.63) is 59.4 Å². The zero-order chi connectivity index (χ0) is 22.3. The van der Waals surface area contributed by atoms with Crippen LogP contribution in [0.15, 0.2) is 42.7 Å². The summed E-state index contributed by atoms with van der Waals surface area (Å²) in [6.45, 7) is 2.49. The first-order valence-electron chi connectivity index (χ1n) is 11.5. The van der Waals surface area contributed by atoms with Gasteiger partial charge in [-0.1, -0.05) is 6.07 Å². The molecule has 1 aromatic heterocycles. The highest BCUT2D eigenvalue weighted by molar-refractivity contribution is 5.94. The highest BCUT2D eigenvalue weighted by atomic mass is 16.5. The Hall–Kier alpha value is -2.93. The molecule has 1 aliphatic carbocycles. The second-order valence-corrected chi connectivity index (χ2v) is 8.68. The summed E-state index contributed by atoms with van der Waals surface area (Å²) >= 11 is 0. The quantitative estimate of drug-likeness (QED) is 0.697. The molecule has 0 spiro atoms. The second kappa shape index (κ2) is 10.6. The number of anilines is 1. The van der Waals surface area contributed by atoms with Crippen LogP contribution >= 0.6 is 0 Å². The summed E-state index contributed by atoms with van der Waals surface area (Å²) in [5.74, 6) is 0.116. The molecule has 7 heteroatoms. The number of benzene rings is 1. The number of pyridine rings is 1. The van der Waals surface area contributed by atoms with Crippen LogP contribution in [0.3, 0.4) is 0 Å². The highest BCUT2D eigenvalue weighted by Crippen LogP contribution is 2.32. The highest BCUT2D eigenvalue weighted by Gasteiger charge is 2.24. The molecule has 1 aliphatic heterocycles. The van der Waals surface area contributed by atoms with Crippen LogP contribution in [-0.2, 0) is 16.0 Å². The Balaban J connectivity index is 1.35. The molecule has 0 saturated carbocycles. The van der Waals surface area contributed by atoms with E-state index in [-0.39, 0.29) is 30.4 Å². The minimum atomic E-state index is -0.105. The number of carbonyl (C=O) groups is 2. The third-order valence-corrected chi connectivity index (χ3v) is 6.53. The standard InChI is InChI=1S/C25H32N4O3/c1-32-17-24(30)27-16-20-4-2-3-18-5-6-19(15-23(18)20)25(31)28-21-9-13-29(14-10-21)22-7-11-26-12-8-22/h5-8,11-12,15,20-21H,2-4,9-10,13-14,16-17H2,1H3,(H,27,30)(H,28,31). The predicted molar refractivity (Wildman–Crippen MR) is 124 cm³/mol. The molecule has 2 aliphatic rings. The number of nitrogens with zero attached hydrogens (tertiary/aromatic N) is 2. The first kappa shape index (κ1) is 22.3. The Morgan fingerprint density at radius 2 is 1.91 bits per heavy atom. The summed E-state index contributed by atoms with van der Waals surface area (Å²) in [7, 11) is 1.52. The molecular formula is C25H32N4O3. The molecule has 32 heavy (non-hydrogen) atoms. The van der Waals surface area contributed by atoms with E-state index >= 15 is 0 Å². The van der Waals surface area contributed by atoms with Crippen molar-refractivity contribution >= 4 is 17.5 Å². The van der Waals surface area contributed by atoms with Gasteiger partial charge in [-0.3, -0.25) is 14.6 Å². The number of methoxy groups -OCH3 is 1. The molecule has 2 amide bonds. The topological polar surface area (TPSA) is 83.6 Å². The molecular weight excluding hydrogens is 404 g/mol. The number of ether oxygens (including phenoxy) is 1. The van der Waals surface area contributed by atoms with Gasteiger partial charge >= 0.3 is 0 Å². The van der Waals surface area contributed by atoms with Crippen LogP contribution in [0.4, 0.5) is 5.69 Å². The largest absolute Gasteiger partial charge is 0.375 e. The van der Waals surface area contributed by atoms with Crippen molar-refractivity contribution in [1.29, 1.82) is 0 Å². The lowest BCUT2D eigenvalue weighted by Gasteiger charge is -2.34. The van der Waals surface area contributed by atoms with E-state index in [0.29, 0.717) is 12.1 Å². The molecule has 1 aromatic carbocycles. The van der Waals surface area contributed by atoms with E-state index in [2.05, 4.69) is 26.6 Å². The Bertz CT molecular complexity index is 926. The maximum atomic E-state index is 13.0. The average molecular weight is 437 g/mol. The number of hydrogen-bond acceptors (Lipinski definition) is 5. The van der Waals surface area contributed by atoms with Crippen molar-refractivity contribution in [1.82, 2.24) is 15.6 Å². The lowest BCUT2D eigenvalue weighted by atomic mass is 9.82. The molecule has 2 aromatic rings. The SMILES string of the molecule is COCC(=O)NCC1CCCc2ccc(C(=O)NC3CCN(c4ccncc4)CC3)cc21. The van der Waals surface area contributed by atoms with Crippen molar-refractivity contribution in [2.75, 3.05) is 38.3 Å². The van der Waals surface area contributed by atoms with Crippen molar-refractivity contribution in [2.45, 2.75) is 44.1 Å². The molecule has 170 valence electrons. The number of carbonyl (C=O) groups excluding carboxylic acids is 2. The van der Waals surface area contributed by atoms with Crippen LogP contribution < -0.4 is 15.5 Å². The number of aromatic nitrogens is 1. The average Bonchev–Trinajstić information content (AvgIpc) is 2.83. The molecule has 2 heterocycles. The van der Waals surface area contributed by atoms with E-state index in [1.165, 1.54) is 23.9 Å². The van der Waals surface area contributed by atoms with E-state index in [0.717, 1.165) is 45.2 Å². The Morgan fingerprint density at radius 3 is 2.66 bits per heavy atom. The molecule has 1 atom stereocenters. The van der Waals surface area contributed by atoms with Gasteiger partial charge in [0.25, 0.3) is 5.91 Å². The van der Waals surface area contributed by atoms with Crippen molar-refractivity contribution in [2.24, 2.45) is 0 Å². The lowest BCUT2D eigenvalue weighted by molar-refractivity contribution is -0.124. The van der Waals surface area contributed by atoms with Gasteiger partial charge in [-0.05, 0) is 67.5 Å². The predicted octanol–water partition coefficient (Wildman–Crippen LogP) is 2.66. The number of piperidine rings is 1. The molecule has 1 saturated heterocycles. The fourth-order valence-corrected chi connectivity index (χ4v) is 4.78. The van der Waals surface area contributed by atoms with Crippen molar-refractivity contribution in [3.8, 4) is 0 Å². The van der Waals surface area contributed by atoms with Crippen LogP contribution in [0, 0.1) is 0 Å². The van der Waals surface area contributed by atoms with Gasteiger partial charge in [0.1, 0.15) is 6.61 Å². The minimum Gasteiger partial charge on any atom is -0.375 e. The van der Waals surface area contributed by atoms with Gasteiger partial charge in [0.2, 0.25) is 5.91 Å². The molecule has 1 unspecified atom stereocenters. The third-order valence-electron chi connectivity index (χ3n) is 6.53. The first-order chi connectivity index (χ1) is 15.6. The second-order valence-electron chi connectivity index (χ2n) is 8.68. The van der Waals surface area contributed by atoms with Gasteiger partial charge in [0.05, 0.1) is 0 Å². The maximum absolute atomic E-state index is 13.0. The fraction of sp³-hybridized carbons (Fsp3) is 0.480. The zero-order valence-electron chi connectivity index (χ0n) is 18.7. The van der Waals surface area contributed by atoms with Crippen LogP contribution in [0.1, 0.15) is 53.1 Å². The van der Waals surface area contributed by atoms with E-state index in [9.17, 15) is 9.59 Å². The van der Waals surface area contributed by atoms with Gasteiger partial charge < -0.3 is 20.3 Å². The van der Waals surface area contributed by atoms with Gasteiger partial charge in [-0.2, -0.15) is 0 Å². The summed E-state index contributed by atoms with van der Waals surface area (Å²) in [5, 5.41) is 6.18. The molecule has 0 radical (unpaired) electrons. The summed E-state index contributed by atoms with van der Waals surface area (Å²) in [5.41, 5.74) is 4.36. The monoisotopic (exact) mass is 436 g/mol. The smallest absolute Gasteiger partial charge is 0.251 e. The summed E-state index contributed by atoms with van der Waals surface area (Å²) in [4.78, 5) is 31.2. The number of amides is 2. The molecule has 1 fully saturated rings. The van der Waals surface area contributed by atoms with Crippen LogP contribution in [0.5, 0.6) is 0 Å². The van der Waals surface area contributed by atoms with Crippen LogP contribution in [0.2, 0.25) is 0 Å². The van der Waals surface area contributed by atoms with E-state index in [1.54, 1.807) is 0 Å². The van der Waals surface area contributed by atoms with Crippen LogP contribution in [-0.4, -0.2) is 56.2 Å². The first-order valence-corrected chi connectivity index (χ1v) is 11.5. The summed E-state index contributed by atoms with van der Waals surface area (Å²) in [6, 6.07) is 10.3. The Kier molecular flexibility index (Phi) is 7.37. The fourth-order valence-electron chi connectivity index (χ4n) is 4.78. The summed E-state index contributed by atoms with van der Waals surface area (Å²) in [6.07, 6.45) is 8.61. The Morgan fingerprint density at radius 1 is 1.12 bits per heavy atom. The number of nitrogens with one attached hydrogen (secondary N) is 2. The van der Waals surface area contributed by atoms with Crippen LogP contribution in [0.25, 0.3) is 0 Å². The van der Waals surface area contributed by atoms with Gasteiger partial charge in [0.15, 0.2) is 0 Å². The maximum Gasteiger partial charge on any atom is 0.251 e. The lowest BCUT2D eigenvalue weighted by Crippen LogP contribution is -2.44. The normalized spacial score (nSPS) is 18.7. The molecule has 7 nitrogen and oxygen atoms in total. The number of aryl methyl sites for hydroxylation is 1. The van der Waals surface area contributed by atoms with Gasteiger partial charge in [-0.15, -0.1) is 0 Å². The van der Waals surface area contributed by atoms with Gasteiger partial charge in [-0.25, -0.2) is 0 Å².